The number of aromatic amines is 1. The molecule has 0 saturated carbocycles. The van der Waals surface area contributed by atoms with Crippen LogP contribution in [0.15, 0.2) is 29.2 Å². The maximum absolute atomic E-state index is 12.6. The van der Waals surface area contributed by atoms with E-state index in [0.717, 1.165) is 5.82 Å². The van der Waals surface area contributed by atoms with E-state index in [-0.39, 0.29) is 4.90 Å². The number of anilines is 1. The van der Waals surface area contributed by atoms with E-state index in [1.165, 1.54) is 4.31 Å². The Hall–Kier alpha value is -1.86. The Kier molecular flexibility index (Phi) is 6.22. The summed E-state index contributed by atoms with van der Waals surface area (Å²) in [5.74, 6) is 0.719. The Morgan fingerprint density at radius 1 is 1.30 bits per heavy atom. The van der Waals surface area contributed by atoms with Gasteiger partial charge in [-0.3, -0.25) is 10.5 Å². The fraction of sp³-hybridized carbons (Fsp3) is 0.400. The van der Waals surface area contributed by atoms with Gasteiger partial charge in [-0.05, 0) is 48.7 Å². The predicted molar refractivity (Wildman–Crippen MR) is 108 cm³/mol. The van der Waals surface area contributed by atoms with Crippen LogP contribution in [0.3, 0.4) is 0 Å². The number of benzene rings is 1. The van der Waals surface area contributed by atoms with Crippen LogP contribution in [-0.2, 0) is 21.2 Å². The van der Waals surface area contributed by atoms with Crippen LogP contribution in [-0.4, -0.2) is 59.0 Å². The van der Waals surface area contributed by atoms with Gasteiger partial charge in [0.05, 0.1) is 18.1 Å². The highest BCUT2D eigenvalue weighted by Gasteiger charge is 2.26. The summed E-state index contributed by atoms with van der Waals surface area (Å²) in [6, 6.07) is 6.43. The fourth-order valence-corrected chi connectivity index (χ4v) is 4.40. The predicted octanol–water partition coefficient (Wildman–Crippen LogP) is 1.46. The van der Waals surface area contributed by atoms with Gasteiger partial charge in [0, 0.05) is 25.2 Å². The third-order valence-corrected chi connectivity index (χ3v) is 6.37. The van der Waals surface area contributed by atoms with Crippen LogP contribution < -0.4 is 10.7 Å². The molecule has 0 unspecified atom stereocenters. The standard InChI is InChI=1S/C15H20N6O3S3/c1-2-13-17-18-15(26)21(13)19-14(25)16-11-3-5-12(6-4-11)27(22,23)20-7-9-24-10-8-20/h3-6H,2,7-10H2,1H3,(H,18,26)(H2,16,19,25). The lowest BCUT2D eigenvalue weighted by Crippen LogP contribution is -2.40. The highest BCUT2D eigenvalue weighted by atomic mass is 32.2. The zero-order valence-electron chi connectivity index (χ0n) is 14.6. The van der Waals surface area contributed by atoms with Gasteiger partial charge >= 0.3 is 0 Å². The second-order valence-corrected chi connectivity index (χ2v) is 8.47. The quantitative estimate of drug-likeness (QED) is 0.615. The number of nitrogens with zero attached hydrogens (tertiary/aromatic N) is 3. The molecule has 1 aliphatic rings. The zero-order valence-corrected chi connectivity index (χ0v) is 17.1. The summed E-state index contributed by atoms with van der Waals surface area (Å²) in [5, 5.41) is 10.1. The molecule has 3 N–H and O–H groups in total. The average Bonchev–Trinajstić information content (AvgIpc) is 3.02. The van der Waals surface area contributed by atoms with E-state index >= 15 is 0 Å². The summed E-state index contributed by atoms with van der Waals surface area (Å²) >= 11 is 10.4. The largest absolute Gasteiger partial charge is 0.379 e. The van der Waals surface area contributed by atoms with Gasteiger partial charge in [-0.15, -0.1) is 0 Å². The monoisotopic (exact) mass is 428 g/mol. The van der Waals surface area contributed by atoms with Crippen LogP contribution >= 0.6 is 24.4 Å². The Bertz CT molecular complexity index is 961. The number of rotatable bonds is 5. The molecule has 1 fully saturated rings. The summed E-state index contributed by atoms with van der Waals surface area (Å²) in [6.07, 6.45) is 0.677. The third-order valence-electron chi connectivity index (χ3n) is 3.99. The first-order valence-corrected chi connectivity index (χ1v) is 10.6. The van der Waals surface area contributed by atoms with Crippen molar-refractivity contribution in [3.8, 4) is 0 Å². The van der Waals surface area contributed by atoms with Gasteiger partial charge in [-0.2, -0.15) is 9.40 Å². The molecule has 146 valence electrons. The van der Waals surface area contributed by atoms with E-state index in [9.17, 15) is 8.42 Å². The second kappa shape index (κ2) is 8.44. The summed E-state index contributed by atoms with van der Waals surface area (Å²) in [5.41, 5.74) is 3.61. The topological polar surface area (TPSA) is 104 Å². The number of thiocarbonyl (C=S) groups is 1. The van der Waals surface area contributed by atoms with Crippen molar-refractivity contribution in [1.29, 1.82) is 0 Å². The smallest absolute Gasteiger partial charge is 0.243 e. The van der Waals surface area contributed by atoms with Crippen LogP contribution in [0.5, 0.6) is 0 Å². The number of aryl methyl sites for hydroxylation is 1. The van der Waals surface area contributed by atoms with Crippen molar-refractivity contribution < 1.29 is 13.2 Å². The molecule has 0 radical (unpaired) electrons. The van der Waals surface area contributed by atoms with E-state index in [4.69, 9.17) is 29.2 Å². The molecule has 1 saturated heterocycles. The van der Waals surface area contributed by atoms with E-state index in [2.05, 4.69) is 20.9 Å². The molecule has 0 aliphatic carbocycles. The first-order valence-electron chi connectivity index (χ1n) is 8.34. The third kappa shape index (κ3) is 4.52. The minimum absolute atomic E-state index is 0.235. The fourth-order valence-electron chi connectivity index (χ4n) is 2.59. The number of aromatic nitrogens is 3. The summed E-state index contributed by atoms with van der Waals surface area (Å²) < 4.78 is 33.9. The normalized spacial score (nSPS) is 15.4. The van der Waals surface area contributed by atoms with Gasteiger partial charge in [-0.25, -0.2) is 13.1 Å². The van der Waals surface area contributed by atoms with E-state index in [0.29, 0.717) is 48.3 Å². The van der Waals surface area contributed by atoms with Crippen molar-refractivity contribution >= 4 is 45.3 Å². The highest BCUT2D eigenvalue weighted by Crippen LogP contribution is 2.19. The van der Waals surface area contributed by atoms with Crippen molar-refractivity contribution in [3.63, 3.8) is 0 Å². The summed E-state index contributed by atoms with van der Waals surface area (Å²) in [4.78, 5) is 0.235. The van der Waals surface area contributed by atoms with Gasteiger partial charge in [0.2, 0.25) is 14.8 Å². The lowest BCUT2D eigenvalue weighted by atomic mass is 10.3. The maximum atomic E-state index is 12.6. The SMILES string of the molecule is CCc1n[nH]c(=S)n1NC(=S)Nc1ccc(S(=O)(=O)N2CCOCC2)cc1. The Morgan fingerprint density at radius 3 is 2.59 bits per heavy atom. The first kappa shape index (κ1) is 19.9. The molecule has 0 spiro atoms. The molecule has 0 bridgehead atoms. The Balaban J connectivity index is 1.67. The van der Waals surface area contributed by atoms with Crippen LogP contribution in [0.1, 0.15) is 12.7 Å². The van der Waals surface area contributed by atoms with E-state index in [1.54, 1.807) is 28.9 Å². The van der Waals surface area contributed by atoms with Gasteiger partial charge in [0.25, 0.3) is 0 Å². The Morgan fingerprint density at radius 2 is 1.96 bits per heavy atom. The molecule has 12 heteroatoms. The Labute approximate surface area is 167 Å². The molecule has 1 aromatic heterocycles. The molecular weight excluding hydrogens is 408 g/mol. The number of ether oxygens (including phenoxy) is 1. The summed E-state index contributed by atoms with van der Waals surface area (Å²) in [6.45, 7) is 3.50. The number of nitrogens with one attached hydrogen (secondary N) is 3. The van der Waals surface area contributed by atoms with Crippen LogP contribution in [0.25, 0.3) is 0 Å². The molecule has 1 aromatic carbocycles. The first-order chi connectivity index (χ1) is 12.9. The highest BCUT2D eigenvalue weighted by molar-refractivity contribution is 7.89. The van der Waals surface area contributed by atoms with Crippen LogP contribution in [0, 0.1) is 4.77 Å². The lowest BCUT2D eigenvalue weighted by molar-refractivity contribution is 0.0730. The molecule has 0 atom stereocenters. The number of sulfonamides is 1. The molecule has 27 heavy (non-hydrogen) atoms. The van der Waals surface area contributed by atoms with Crippen LogP contribution in [0.4, 0.5) is 5.69 Å². The number of hydrogen-bond acceptors (Lipinski definition) is 6. The molecule has 2 heterocycles. The van der Waals surface area contributed by atoms with Gasteiger partial charge in [-0.1, -0.05) is 6.92 Å². The molecule has 2 aromatic rings. The number of H-pyrrole nitrogens is 1. The van der Waals surface area contributed by atoms with Gasteiger partial charge < -0.3 is 10.1 Å². The lowest BCUT2D eigenvalue weighted by Gasteiger charge is -2.26. The summed E-state index contributed by atoms with van der Waals surface area (Å²) in [7, 11) is -3.52. The van der Waals surface area contributed by atoms with Gasteiger partial charge in [0.1, 0.15) is 0 Å². The zero-order chi connectivity index (χ0) is 19.4. The average molecular weight is 429 g/mol. The molecule has 0 amide bonds. The second-order valence-electron chi connectivity index (χ2n) is 5.74. The van der Waals surface area contributed by atoms with Crippen molar-refractivity contribution in [2.45, 2.75) is 18.2 Å². The molecule has 1 aliphatic heterocycles. The number of hydrogen-bond donors (Lipinski definition) is 3. The minimum atomic E-state index is -3.52. The number of morpholine rings is 1. The molecule has 9 nitrogen and oxygen atoms in total. The van der Waals surface area contributed by atoms with Gasteiger partial charge in [0.15, 0.2) is 10.9 Å². The van der Waals surface area contributed by atoms with Crippen LogP contribution in [0.2, 0.25) is 0 Å². The van der Waals surface area contributed by atoms with E-state index < -0.39 is 10.0 Å². The molecular formula is C15H20N6O3S3. The van der Waals surface area contributed by atoms with Crippen molar-refractivity contribution in [3.05, 3.63) is 34.9 Å². The minimum Gasteiger partial charge on any atom is -0.379 e. The van der Waals surface area contributed by atoms with Crippen molar-refractivity contribution in [1.82, 2.24) is 19.2 Å². The van der Waals surface area contributed by atoms with Crippen molar-refractivity contribution in [2.75, 3.05) is 37.0 Å². The van der Waals surface area contributed by atoms with Crippen molar-refractivity contribution in [2.24, 2.45) is 0 Å². The van der Waals surface area contributed by atoms with E-state index in [1.807, 2.05) is 6.92 Å². The maximum Gasteiger partial charge on any atom is 0.243 e. The molecule has 3 rings (SSSR count).